The van der Waals surface area contributed by atoms with E-state index in [1.54, 1.807) is 0 Å². The summed E-state index contributed by atoms with van der Waals surface area (Å²) >= 11 is 13.1. The minimum absolute atomic E-state index is 0.0560. The molecule has 30 heavy (non-hydrogen) atoms. The summed E-state index contributed by atoms with van der Waals surface area (Å²) in [5, 5.41) is 3.80. The summed E-state index contributed by atoms with van der Waals surface area (Å²) in [6.45, 7) is 4.62. The number of para-hydroxylation sites is 1. The minimum Gasteiger partial charge on any atom is -0.307 e. The molecule has 0 saturated carbocycles. The second-order valence-corrected chi connectivity index (χ2v) is 9.35. The van der Waals surface area contributed by atoms with Gasteiger partial charge in [0.2, 0.25) is 0 Å². The Hall–Kier alpha value is -2.74. The highest BCUT2D eigenvalue weighted by atomic mass is 35.5. The summed E-state index contributed by atoms with van der Waals surface area (Å²) in [5.41, 5.74) is 8.52. The van der Waals surface area contributed by atoms with Crippen molar-refractivity contribution in [2.75, 3.05) is 0 Å². The van der Waals surface area contributed by atoms with Gasteiger partial charge in [0.1, 0.15) is 0 Å². The third-order valence-corrected chi connectivity index (χ3v) is 7.08. The average Bonchev–Trinajstić information content (AvgIpc) is 3.18. The van der Waals surface area contributed by atoms with Gasteiger partial charge in [0.25, 0.3) is 0 Å². The fourth-order valence-electron chi connectivity index (χ4n) is 5.15. The Kier molecular flexibility index (Phi) is 3.69. The maximum Gasteiger partial charge on any atom is 0.0648 e. The summed E-state index contributed by atoms with van der Waals surface area (Å²) < 4.78 is 2.31. The maximum absolute atomic E-state index is 6.71. The van der Waals surface area contributed by atoms with Gasteiger partial charge in [0.15, 0.2) is 0 Å². The molecule has 0 unspecified atom stereocenters. The molecule has 0 amide bonds. The molecule has 146 valence electrons. The van der Waals surface area contributed by atoms with Gasteiger partial charge in [-0.1, -0.05) is 85.6 Å². The first-order valence-corrected chi connectivity index (χ1v) is 10.9. The predicted octanol–water partition coefficient (Wildman–Crippen LogP) is 8.40. The summed E-state index contributed by atoms with van der Waals surface area (Å²) in [5.74, 6) is 0. The van der Waals surface area contributed by atoms with E-state index in [0.717, 1.165) is 26.6 Å². The van der Waals surface area contributed by atoms with E-state index in [1.165, 1.54) is 33.2 Å². The van der Waals surface area contributed by atoms with Gasteiger partial charge < -0.3 is 4.57 Å². The third-order valence-electron chi connectivity index (χ3n) is 6.53. The van der Waals surface area contributed by atoms with Crippen LogP contribution in [0.4, 0.5) is 0 Å². The third kappa shape index (κ3) is 2.25. The lowest BCUT2D eigenvalue weighted by Gasteiger charge is -2.21. The van der Waals surface area contributed by atoms with Gasteiger partial charge in [0, 0.05) is 26.8 Å². The number of hydrogen-bond acceptors (Lipinski definition) is 0. The molecule has 6 rings (SSSR count). The molecule has 1 aliphatic rings. The topological polar surface area (TPSA) is 4.93 Å². The van der Waals surface area contributed by atoms with Crippen molar-refractivity contribution >= 4 is 45.0 Å². The van der Waals surface area contributed by atoms with Crippen LogP contribution in [-0.2, 0) is 5.41 Å². The number of hydrogen-bond donors (Lipinski definition) is 0. The Morgan fingerprint density at radius 2 is 1.50 bits per heavy atom. The molecule has 1 aliphatic carbocycles. The SMILES string of the molecule is CC1(C)c2ccccc2-c2c1ccc1c3cc(Cl)ccc3n(-c3ccccc3Cl)c21. The van der Waals surface area contributed by atoms with Gasteiger partial charge in [-0.3, -0.25) is 0 Å². The maximum atomic E-state index is 6.71. The second-order valence-electron chi connectivity index (χ2n) is 8.50. The molecule has 0 radical (unpaired) electrons. The molecule has 5 aromatic rings. The number of rotatable bonds is 1. The van der Waals surface area contributed by atoms with E-state index in [9.17, 15) is 0 Å². The van der Waals surface area contributed by atoms with Crippen molar-refractivity contribution in [3.63, 3.8) is 0 Å². The van der Waals surface area contributed by atoms with Crippen LogP contribution in [0.1, 0.15) is 25.0 Å². The molecule has 0 bridgehead atoms. The molecular formula is C27H19Cl2N. The first-order chi connectivity index (χ1) is 14.5. The molecule has 0 saturated heterocycles. The van der Waals surface area contributed by atoms with Crippen molar-refractivity contribution in [1.29, 1.82) is 0 Å². The highest BCUT2D eigenvalue weighted by Crippen LogP contribution is 2.53. The number of benzene rings is 4. The number of nitrogens with zero attached hydrogens (tertiary/aromatic N) is 1. The molecule has 0 fully saturated rings. The molecule has 1 nitrogen and oxygen atoms in total. The standard InChI is InChI=1S/C27H19Cl2N/c1-27(2)20-8-4-3-7-18(20)25-21(27)13-12-17-19-15-16(28)11-14-23(19)30(26(17)25)24-10-6-5-9-22(24)29/h3-15H,1-2H3. The monoisotopic (exact) mass is 427 g/mol. The molecule has 0 spiro atoms. The highest BCUT2D eigenvalue weighted by Gasteiger charge is 2.37. The minimum atomic E-state index is -0.0560. The summed E-state index contributed by atoms with van der Waals surface area (Å²) in [4.78, 5) is 0. The zero-order valence-corrected chi connectivity index (χ0v) is 18.2. The van der Waals surface area contributed by atoms with E-state index < -0.39 is 0 Å². The summed E-state index contributed by atoms with van der Waals surface area (Å²) in [7, 11) is 0. The highest BCUT2D eigenvalue weighted by molar-refractivity contribution is 6.33. The average molecular weight is 428 g/mol. The zero-order valence-electron chi connectivity index (χ0n) is 16.7. The summed E-state index contributed by atoms with van der Waals surface area (Å²) in [6, 6.07) is 27.4. The van der Waals surface area contributed by atoms with E-state index >= 15 is 0 Å². The molecule has 3 heteroatoms. The second kappa shape index (κ2) is 6.14. The molecule has 0 aliphatic heterocycles. The van der Waals surface area contributed by atoms with Crippen LogP contribution in [0.5, 0.6) is 0 Å². The zero-order chi connectivity index (χ0) is 20.6. The molecule has 0 atom stereocenters. The number of halogens is 2. The molecule has 4 aromatic carbocycles. The Balaban J connectivity index is 1.89. The molecular weight excluding hydrogens is 409 g/mol. The van der Waals surface area contributed by atoms with Gasteiger partial charge in [-0.2, -0.15) is 0 Å². The van der Waals surface area contributed by atoms with Crippen molar-refractivity contribution in [1.82, 2.24) is 4.57 Å². The Bertz CT molecular complexity index is 1490. The van der Waals surface area contributed by atoms with E-state index in [2.05, 4.69) is 73.0 Å². The fraction of sp³-hybridized carbons (Fsp3) is 0.111. The Morgan fingerprint density at radius 1 is 0.733 bits per heavy atom. The lowest BCUT2D eigenvalue weighted by atomic mass is 9.82. The normalized spacial score (nSPS) is 14.3. The van der Waals surface area contributed by atoms with Gasteiger partial charge in [0.05, 0.1) is 21.7 Å². The van der Waals surface area contributed by atoms with Crippen molar-refractivity contribution < 1.29 is 0 Å². The first kappa shape index (κ1) is 18.1. The van der Waals surface area contributed by atoms with Crippen molar-refractivity contribution in [3.8, 4) is 16.8 Å². The molecule has 0 N–H and O–H groups in total. The van der Waals surface area contributed by atoms with Crippen LogP contribution < -0.4 is 0 Å². The van der Waals surface area contributed by atoms with Gasteiger partial charge in [-0.05, 0) is 47.0 Å². The fourth-order valence-corrected chi connectivity index (χ4v) is 5.54. The van der Waals surface area contributed by atoms with Crippen LogP contribution >= 0.6 is 23.2 Å². The van der Waals surface area contributed by atoms with E-state index in [4.69, 9.17) is 23.2 Å². The van der Waals surface area contributed by atoms with E-state index in [-0.39, 0.29) is 5.41 Å². The van der Waals surface area contributed by atoms with Crippen molar-refractivity contribution in [2.24, 2.45) is 0 Å². The van der Waals surface area contributed by atoms with Gasteiger partial charge >= 0.3 is 0 Å². The summed E-state index contributed by atoms with van der Waals surface area (Å²) in [6.07, 6.45) is 0. The lowest BCUT2D eigenvalue weighted by molar-refractivity contribution is 0.661. The Morgan fingerprint density at radius 3 is 2.33 bits per heavy atom. The van der Waals surface area contributed by atoms with Crippen LogP contribution in [0.15, 0.2) is 78.9 Å². The smallest absolute Gasteiger partial charge is 0.0648 e. The van der Waals surface area contributed by atoms with E-state index in [0.29, 0.717) is 0 Å². The Labute approximate surface area is 185 Å². The van der Waals surface area contributed by atoms with Gasteiger partial charge in [-0.15, -0.1) is 0 Å². The van der Waals surface area contributed by atoms with Crippen LogP contribution in [-0.4, -0.2) is 4.57 Å². The first-order valence-electron chi connectivity index (χ1n) is 10.1. The predicted molar refractivity (Wildman–Crippen MR) is 128 cm³/mol. The molecule has 1 heterocycles. The van der Waals surface area contributed by atoms with Crippen LogP contribution in [0, 0.1) is 0 Å². The number of fused-ring (bicyclic) bond motifs is 7. The van der Waals surface area contributed by atoms with Gasteiger partial charge in [-0.25, -0.2) is 0 Å². The van der Waals surface area contributed by atoms with Crippen molar-refractivity contribution in [3.05, 3.63) is 100 Å². The largest absolute Gasteiger partial charge is 0.307 e. The van der Waals surface area contributed by atoms with Crippen molar-refractivity contribution in [2.45, 2.75) is 19.3 Å². The van der Waals surface area contributed by atoms with E-state index in [1.807, 2.05) is 24.3 Å². The van der Waals surface area contributed by atoms with Crippen LogP contribution in [0.25, 0.3) is 38.6 Å². The molecule has 1 aromatic heterocycles. The van der Waals surface area contributed by atoms with Crippen LogP contribution in [0.3, 0.4) is 0 Å². The lowest BCUT2D eigenvalue weighted by Crippen LogP contribution is -2.14. The number of aromatic nitrogens is 1. The quantitative estimate of drug-likeness (QED) is 0.253. The van der Waals surface area contributed by atoms with Crippen LogP contribution in [0.2, 0.25) is 10.0 Å².